The second-order valence-corrected chi connectivity index (χ2v) is 6.74. The lowest BCUT2D eigenvalue weighted by atomic mass is 10.3. The Labute approximate surface area is 153 Å². The third-order valence-electron chi connectivity index (χ3n) is 3.92. The van der Waals surface area contributed by atoms with E-state index in [-0.39, 0.29) is 30.0 Å². The molecule has 0 aliphatic heterocycles. The Morgan fingerprint density at radius 3 is 2.96 bits per heavy atom. The molecule has 0 saturated carbocycles. The molecule has 0 spiro atoms. The summed E-state index contributed by atoms with van der Waals surface area (Å²) in [6.45, 7) is 0.357. The highest BCUT2D eigenvalue weighted by atomic mass is 32.1. The largest absolute Gasteiger partial charge is 0.352 e. The molecule has 0 fully saturated rings. The van der Waals surface area contributed by atoms with Gasteiger partial charge in [-0.1, -0.05) is 16.7 Å². The fourth-order valence-electron chi connectivity index (χ4n) is 2.59. The monoisotopic (exact) mass is 389 g/mol. The maximum Gasteiger partial charge on any atom is 0.352 e. The molecule has 3 heterocycles. The van der Waals surface area contributed by atoms with Crippen LogP contribution in [0.25, 0.3) is 15.7 Å². The lowest BCUT2D eigenvalue weighted by molar-refractivity contribution is 0.0949. The second-order valence-electron chi connectivity index (χ2n) is 5.68. The van der Waals surface area contributed by atoms with E-state index >= 15 is 0 Å². The molecule has 0 atom stereocenters. The van der Waals surface area contributed by atoms with Gasteiger partial charge in [0.2, 0.25) is 0 Å². The fraction of sp³-hybridized carbons (Fsp3) is 0.200. The first kappa shape index (κ1) is 17.0. The van der Waals surface area contributed by atoms with Gasteiger partial charge in [0.05, 0.1) is 16.6 Å². The smallest absolute Gasteiger partial charge is 0.349 e. The number of aryl methyl sites for hydroxylation is 1. The van der Waals surface area contributed by atoms with Gasteiger partial charge in [-0.2, -0.15) is 4.68 Å². The van der Waals surface area contributed by atoms with Crippen LogP contribution in [0.5, 0.6) is 0 Å². The molecule has 0 radical (unpaired) electrons. The summed E-state index contributed by atoms with van der Waals surface area (Å²) in [6, 6.07) is 4.03. The molecule has 1 amide bonds. The standard InChI is InChI=1S/C15H12FN7O3S/c1-21-15(26)22-7-18-11(12(22)19-20-21)13(24)17-4-5-23-14(25)9-6-8(16)2-3-10(9)27-23/h2-3,6-7H,4-5H2,1H3,(H,17,24). The topological polar surface area (TPSA) is 116 Å². The summed E-state index contributed by atoms with van der Waals surface area (Å²) in [5.74, 6) is -1.02. The van der Waals surface area contributed by atoms with Gasteiger partial charge in [-0.3, -0.25) is 13.5 Å². The maximum absolute atomic E-state index is 13.3. The van der Waals surface area contributed by atoms with E-state index < -0.39 is 17.4 Å². The van der Waals surface area contributed by atoms with Gasteiger partial charge in [0.25, 0.3) is 11.5 Å². The second kappa shape index (κ2) is 6.39. The van der Waals surface area contributed by atoms with E-state index in [2.05, 4.69) is 20.6 Å². The first-order chi connectivity index (χ1) is 13.0. The Morgan fingerprint density at radius 1 is 1.33 bits per heavy atom. The van der Waals surface area contributed by atoms with Crippen molar-refractivity contribution in [3.8, 4) is 0 Å². The summed E-state index contributed by atoms with van der Waals surface area (Å²) in [4.78, 5) is 40.4. The van der Waals surface area contributed by atoms with Crippen LogP contribution in [0.4, 0.5) is 4.39 Å². The number of nitrogens with zero attached hydrogens (tertiary/aromatic N) is 6. The third-order valence-corrected chi connectivity index (χ3v) is 5.04. The van der Waals surface area contributed by atoms with E-state index in [1.54, 1.807) is 6.07 Å². The van der Waals surface area contributed by atoms with E-state index in [1.807, 2.05) is 0 Å². The fourth-order valence-corrected chi connectivity index (χ4v) is 3.56. The summed E-state index contributed by atoms with van der Waals surface area (Å²) in [7, 11) is 1.43. The highest BCUT2D eigenvalue weighted by Crippen LogP contribution is 2.17. The van der Waals surface area contributed by atoms with Gasteiger partial charge < -0.3 is 5.32 Å². The van der Waals surface area contributed by atoms with E-state index in [0.29, 0.717) is 10.1 Å². The summed E-state index contributed by atoms with van der Waals surface area (Å²) in [5.41, 5.74) is -0.780. The SMILES string of the molecule is Cn1nnc2c(C(=O)NCCn3sc4ccc(F)cc4c3=O)ncn2c1=O. The number of rotatable bonds is 4. The van der Waals surface area contributed by atoms with Crippen LogP contribution < -0.4 is 16.6 Å². The number of aromatic nitrogens is 6. The minimum absolute atomic E-state index is 0.0361. The molecule has 0 bridgehead atoms. The number of benzene rings is 1. The van der Waals surface area contributed by atoms with Crippen molar-refractivity contribution in [1.29, 1.82) is 0 Å². The summed E-state index contributed by atoms with van der Waals surface area (Å²) in [5, 5.41) is 10.4. The van der Waals surface area contributed by atoms with Gasteiger partial charge in [-0.05, 0) is 18.2 Å². The summed E-state index contributed by atoms with van der Waals surface area (Å²) < 4.78 is 17.5. The van der Waals surface area contributed by atoms with Crippen LogP contribution in [-0.4, -0.2) is 40.8 Å². The zero-order valence-corrected chi connectivity index (χ0v) is 14.7. The Bertz CT molecular complexity index is 1300. The summed E-state index contributed by atoms with van der Waals surface area (Å²) >= 11 is 1.19. The number of hydrogen-bond acceptors (Lipinski definition) is 7. The minimum atomic E-state index is -0.541. The van der Waals surface area contributed by atoms with E-state index in [9.17, 15) is 18.8 Å². The van der Waals surface area contributed by atoms with Gasteiger partial charge in [0, 0.05) is 13.6 Å². The molecule has 138 valence electrons. The number of amides is 1. The lowest BCUT2D eigenvalue weighted by Gasteiger charge is -2.03. The van der Waals surface area contributed by atoms with Crippen LogP contribution in [0.3, 0.4) is 0 Å². The number of carbonyl (C=O) groups is 1. The Kier molecular flexibility index (Phi) is 4.03. The normalized spacial score (nSPS) is 11.3. The molecule has 12 heteroatoms. The molecule has 4 aromatic rings. The number of imidazole rings is 1. The van der Waals surface area contributed by atoms with Gasteiger partial charge in [-0.25, -0.2) is 18.6 Å². The van der Waals surface area contributed by atoms with Crippen molar-refractivity contribution in [2.75, 3.05) is 6.54 Å². The molecule has 3 aromatic heterocycles. The molecule has 0 aliphatic rings. The Balaban J connectivity index is 1.51. The van der Waals surface area contributed by atoms with E-state index in [4.69, 9.17) is 0 Å². The van der Waals surface area contributed by atoms with Crippen molar-refractivity contribution in [2.24, 2.45) is 7.05 Å². The number of hydrogen-bond donors (Lipinski definition) is 1. The molecule has 1 aromatic carbocycles. The molecule has 4 rings (SSSR count). The van der Waals surface area contributed by atoms with Crippen LogP contribution in [0, 0.1) is 5.82 Å². The van der Waals surface area contributed by atoms with Gasteiger partial charge in [0.1, 0.15) is 12.1 Å². The van der Waals surface area contributed by atoms with Crippen molar-refractivity contribution in [3.63, 3.8) is 0 Å². The summed E-state index contributed by atoms with van der Waals surface area (Å²) in [6.07, 6.45) is 1.20. The molecule has 1 N–H and O–H groups in total. The quantitative estimate of drug-likeness (QED) is 0.515. The lowest BCUT2D eigenvalue weighted by Crippen LogP contribution is -2.30. The number of halogens is 1. The Hall–Kier alpha value is -3.41. The van der Waals surface area contributed by atoms with Crippen LogP contribution in [0.1, 0.15) is 10.5 Å². The van der Waals surface area contributed by atoms with Crippen LogP contribution in [0.15, 0.2) is 34.1 Å². The van der Waals surface area contributed by atoms with Crippen molar-refractivity contribution < 1.29 is 9.18 Å². The highest BCUT2D eigenvalue weighted by molar-refractivity contribution is 7.13. The molecule has 0 saturated heterocycles. The van der Waals surface area contributed by atoms with Crippen molar-refractivity contribution in [2.45, 2.75) is 6.54 Å². The maximum atomic E-state index is 13.3. The zero-order valence-electron chi connectivity index (χ0n) is 13.9. The molecular weight excluding hydrogens is 377 g/mol. The van der Waals surface area contributed by atoms with Crippen LogP contribution in [0.2, 0.25) is 0 Å². The average Bonchev–Trinajstić information content (AvgIpc) is 3.21. The predicted molar refractivity (Wildman–Crippen MR) is 94.4 cm³/mol. The molecule has 0 unspecified atom stereocenters. The van der Waals surface area contributed by atoms with Gasteiger partial charge >= 0.3 is 5.69 Å². The van der Waals surface area contributed by atoms with Crippen LogP contribution in [-0.2, 0) is 13.6 Å². The molecule has 27 heavy (non-hydrogen) atoms. The number of nitrogens with one attached hydrogen (secondary N) is 1. The van der Waals surface area contributed by atoms with Gasteiger partial charge in [-0.15, -0.1) is 5.10 Å². The van der Waals surface area contributed by atoms with E-state index in [0.717, 1.165) is 9.08 Å². The van der Waals surface area contributed by atoms with Crippen molar-refractivity contribution in [3.05, 3.63) is 56.9 Å². The highest BCUT2D eigenvalue weighted by Gasteiger charge is 2.17. The molecule has 0 aliphatic carbocycles. The molecular formula is C15H12FN7O3S. The predicted octanol–water partition coefficient (Wildman–Crippen LogP) is -0.232. The number of carbonyl (C=O) groups excluding carboxylic acids is 1. The van der Waals surface area contributed by atoms with Crippen molar-refractivity contribution >= 4 is 33.2 Å². The Morgan fingerprint density at radius 2 is 2.15 bits per heavy atom. The van der Waals surface area contributed by atoms with Gasteiger partial charge in [0.15, 0.2) is 11.3 Å². The first-order valence-electron chi connectivity index (χ1n) is 7.80. The zero-order chi connectivity index (χ0) is 19.1. The number of fused-ring (bicyclic) bond motifs is 2. The van der Waals surface area contributed by atoms with E-state index in [1.165, 1.54) is 41.0 Å². The third kappa shape index (κ3) is 2.89. The first-order valence-corrected chi connectivity index (χ1v) is 8.57. The van der Waals surface area contributed by atoms with Crippen molar-refractivity contribution in [1.82, 2.24) is 33.7 Å². The van der Waals surface area contributed by atoms with Crippen LogP contribution >= 0.6 is 11.5 Å². The average molecular weight is 389 g/mol. The minimum Gasteiger partial charge on any atom is -0.349 e. The molecule has 10 nitrogen and oxygen atoms in total.